The number of nitrogens with zero attached hydrogens (tertiary/aromatic N) is 3. The van der Waals surface area contributed by atoms with Crippen molar-refractivity contribution in [1.82, 2.24) is 9.97 Å². The summed E-state index contributed by atoms with van der Waals surface area (Å²) in [6.45, 7) is 3.99. The van der Waals surface area contributed by atoms with E-state index in [-0.39, 0.29) is 0 Å². The van der Waals surface area contributed by atoms with Gasteiger partial charge in [-0.25, -0.2) is 4.98 Å². The summed E-state index contributed by atoms with van der Waals surface area (Å²) in [4.78, 5) is 13.6. The zero-order valence-electron chi connectivity index (χ0n) is 9.75. The van der Waals surface area contributed by atoms with Gasteiger partial charge in [-0.05, 0) is 24.8 Å². The highest BCUT2D eigenvalue weighted by atomic mass is 32.2. The molecule has 88 valence electrons. The second-order valence-electron chi connectivity index (χ2n) is 3.33. The SMILES string of the molecule is CCS/C(C)=N\Oc1ncnc2ccccc12. The van der Waals surface area contributed by atoms with Gasteiger partial charge in [-0.1, -0.05) is 24.2 Å². The van der Waals surface area contributed by atoms with Gasteiger partial charge in [0, 0.05) is 0 Å². The van der Waals surface area contributed by atoms with Gasteiger partial charge in [-0.15, -0.1) is 11.8 Å². The molecule has 17 heavy (non-hydrogen) atoms. The molecule has 0 atom stereocenters. The third kappa shape index (κ3) is 2.94. The van der Waals surface area contributed by atoms with Gasteiger partial charge >= 0.3 is 0 Å². The third-order valence-electron chi connectivity index (χ3n) is 2.12. The van der Waals surface area contributed by atoms with E-state index in [0.717, 1.165) is 21.7 Å². The Morgan fingerprint density at radius 2 is 2.18 bits per heavy atom. The molecule has 1 aromatic heterocycles. The minimum absolute atomic E-state index is 0.492. The molecule has 4 nitrogen and oxygen atoms in total. The number of fused-ring (bicyclic) bond motifs is 1. The molecule has 0 radical (unpaired) electrons. The Morgan fingerprint density at radius 3 is 3.00 bits per heavy atom. The summed E-state index contributed by atoms with van der Waals surface area (Å²) in [6.07, 6.45) is 1.48. The van der Waals surface area contributed by atoms with Crippen molar-refractivity contribution in [3.8, 4) is 5.88 Å². The van der Waals surface area contributed by atoms with Crippen LogP contribution in [-0.4, -0.2) is 20.8 Å². The molecule has 0 saturated carbocycles. The van der Waals surface area contributed by atoms with E-state index in [1.165, 1.54) is 6.33 Å². The summed E-state index contributed by atoms with van der Waals surface area (Å²) >= 11 is 1.64. The molecule has 0 bridgehead atoms. The first-order chi connectivity index (χ1) is 8.31. The summed E-state index contributed by atoms with van der Waals surface area (Å²) in [7, 11) is 0. The summed E-state index contributed by atoms with van der Waals surface area (Å²) in [6, 6.07) is 7.69. The fourth-order valence-corrected chi connectivity index (χ4v) is 1.90. The summed E-state index contributed by atoms with van der Waals surface area (Å²) in [5, 5.41) is 5.78. The van der Waals surface area contributed by atoms with Crippen LogP contribution in [0.3, 0.4) is 0 Å². The van der Waals surface area contributed by atoms with Crippen LogP contribution >= 0.6 is 11.8 Å². The van der Waals surface area contributed by atoms with Crippen molar-refractivity contribution in [2.75, 3.05) is 5.75 Å². The summed E-state index contributed by atoms with van der Waals surface area (Å²) < 4.78 is 0. The lowest BCUT2D eigenvalue weighted by Crippen LogP contribution is -1.94. The minimum Gasteiger partial charge on any atom is -0.335 e. The molecule has 2 aromatic rings. The first-order valence-corrected chi connectivity index (χ1v) is 6.34. The van der Waals surface area contributed by atoms with E-state index in [1.54, 1.807) is 11.8 Å². The van der Waals surface area contributed by atoms with Crippen LogP contribution in [-0.2, 0) is 0 Å². The molecule has 0 amide bonds. The zero-order valence-corrected chi connectivity index (χ0v) is 10.6. The number of rotatable bonds is 3. The fraction of sp³-hybridized carbons (Fsp3) is 0.250. The molecule has 0 saturated heterocycles. The molecule has 1 aromatic carbocycles. The Morgan fingerprint density at radius 1 is 1.35 bits per heavy atom. The van der Waals surface area contributed by atoms with Gasteiger partial charge in [0.15, 0.2) is 0 Å². The van der Waals surface area contributed by atoms with Crippen LogP contribution in [0.15, 0.2) is 35.7 Å². The monoisotopic (exact) mass is 247 g/mol. The van der Waals surface area contributed by atoms with Gasteiger partial charge < -0.3 is 4.84 Å². The van der Waals surface area contributed by atoms with Gasteiger partial charge in [0.2, 0.25) is 0 Å². The predicted molar refractivity (Wildman–Crippen MR) is 71.4 cm³/mol. The molecular weight excluding hydrogens is 234 g/mol. The Bertz CT molecular complexity index is 537. The molecule has 1 heterocycles. The number of oxime groups is 1. The molecule has 0 N–H and O–H groups in total. The molecule has 0 aliphatic carbocycles. The zero-order chi connectivity index (χ0) is 12.1. The van der Waals surface area contributed by atoms with Crippen LogP contribution in [0.25, 0.3) is 10.9 Å². The standard InChI is InChI=1S/C12H13N3OS/c1-3-17-9(2)15-16-12-10-6-4-5-7-11(10)13-8-14-12/h4-8H,3H2,1-2H3/b15-9-. The lowest BCUT2D eigenvalue weighted by atomic mass is 10.2. The molecular formula is C12H13N3OS. The molecule has 0 aliphatic rings. The Labute approximate surface area is 104 Å². The largest absolute Gasteiger partial charge is 0.335 e. The number of thioether (sulfide) groups is 1. The summed E-state index contributed by atoms with van der Waals surface area (Å²) in [5.41, 5.74) is 0.855. The Balaban J connectivity index is 2.27. The molecule has 5 heteroatoms. The first-order valence-electron chi connectivity index (χ1n) is 5.35. The van der Waals surface area contributed by atoms with E-state index in [2.05, 4.69) is 22.0 Å². The Kier molecular flexibility index (Phi) is 3.93. The van der Waals surface area contributed by atoms with Crippen LogP contribution in [0.1, 0.15) is 13.8 Å². The molecule has 0 fully saturated rings. The normalized spacial score (nSPS) is 11.8. The van der Waals surface area contributed by atoms with Crippen LogP contribution in [0, 0.1) is 0 Å². The van der Waals surface area contributed by atoms with E-state index in [1.807, 2.05) is 31.2 Å². The molecule has 0 spiro atoms. The van der Waals surface area contributed by atoms with Crippen molar-refractivity contribution in [2.45, 2.75) is 13.8 Å². The van der Waals surface area contributed by atoms with Gasteiger partial charge in [0.1, 0.15) is 11.4 Å². The van der Waals surface area contributed by atoms with Crippen molar-refractivity contribution in [3.63, 3.8) is 0 Å². The number of aromatic nitrogens is 2. The summed E-state index contributed by atoms with van der Waals surface area (Å²) in [5.74, 6) is 1.47. The van der Waals surface area contributed by atoms with E-state index in [9.17, 15) is 0 Å². The van der Waals surface area contributed by atoms with E-state index >= 15 is 0 Å². The van der Waals surface area contributed by atoms with Crippen molar-refractivity contribution < 1.29 is 4.84 Å². The topological polar surface area (TPSA) is 47.4 Å². The van der Waals surface area contributed by atoms with E-state index in [0.29, 0.717) is 5.88 Å². The van der Waals surface area contributed by atoms with Crippen molar-refractivity contribution in [2.24, 2.45) is 5.16 Å². The highest BCUT2D eigenvalue weighted by molar-refractivity contribution is 8.13. The number of benzene rings is 1. The maximum atomic E-state index is 5.35. The highest BCUT2D eigenvalue weighted by Gasteiger charge is 2.03. The van der Waals surface area contributed by atoms with Crippen LogP contribution in [0.5, 0.6) is 5.88 Å². The minimum atomic E-state index is 0.492. The highest BCUT2D eigenvalue weighted by Crippen LogP contribution is 2.20. The predicted octanol–water partition coefficient (Wildman–Crippen LogP) is 3.10. The van der Waals surface area contributed by atoms with Crippen molar-refractivity contribution in [1.29, 1.82) is 0 Å². The van der Waals surface area contributed by atoms with E-state index in [4.69, 9.17) is 4.84 Å². The number of hydrogen-bond donors (Lipinski definition) is 0. The number of para-hydroxylation sites is 1. The fourth-order valence-electron chi connectivity index (χ4n) is 1.40. The van der Waals surface area contributed by atoms with Gasteiger partial charge in [0.25, 0.3) is 5.88 Å². The second-order valence-corrected chi connectivity index (χ2v) is 4.79. The van der Waals surface area contributed by atoms with Crippen molar-refractivity contribution >= 4 is 27.7 Å². The number of hydrogen-bond acceptors (Lipinski definition) is 5. The molecule has 0 unspecified atom stereocenters. The lowest BCUT2D eigenvalue weighted by Gasteiger charge is -2.02. The smallest absolute Gasteiger partial charge is 0.259 e. The van der Waals surface area contributed by atoms with Gasteiger partial charge in [-0.3, -0.25) is 0 Å². The third-order valence-corrected chi connectivity index (χ3v) is 2.90. The van der Waals surface area contributed by atoms with Crippen LogP contribution < -0.4 is 4.84 Å². The Hall–Kier alpha value is -1.62. The van der Waals surface area contributed by atoms with Crippen LogP contribution in [0.4, 0.5) is 0 Å². The van der Waals surface area contributed by atoms with Crippen LogP contribution in [0.2, 0.25) is 0 Å². The average molecular weight is 247 g/mol. The maximum absolute atomic E-state index is 5.35. The average Bonchev–Trinajstić information content (AvgIpc) is 2.36. The maximum Gasteiger partial charge on any atom is 0.259 e. The molecule has 0 aliphatic heterocycles. The quantitative estimate of drug-likeness (QED) is 0.475. The second kappa shape index (κ2) is 5.63. The lowest BCUT2D eigenvalue weighted by molar-refractivity contribution is 0.333. The molecule has 2 rings (SSSR count). The van der Waals surface area contributed by atoms with Gasteiger partial charge in [-0.2, -0.15) is 4.98 Å². The van der Waals surface area contributed by atoms with E-state index < -0.39 is 0 Å². The van der Waals surface area contributed by atoms with Gasteiger partial charge in [0.05, 0.1) is 10.9 Å². The first kappa shape index (κ1) is 11.9. The van der Waals surface area contributed by atoms with Crippen molar-refractivity contribution in [3.05, 3.63) is 30.6 Å².